The van der Waals surface area contributed by atoms with E-state index in [1.807, 2.05) is 0 Å². The Morgan fingerprint density at radius 2 is 2.33 bits per heavy atom. The number of esters is 1. The number of hydrogen-bond donors (Lipinski definition) is 1. The second-order valence-corrected chi connectivity index (χ2v) is 4.83. The maximum Gasteiger partial charge on any atom is 0.305 e. The van der Waals surface area contributed by atoms with Crippen LogP contribution in [0.15, 0.2) is 0 Å². The Hall–Kier alpha value is -0.570. The smallest absolute Gasteiger partial charge is 0.305 e. The van der Waals surface area contributed by atoms with Crippen molar-refractivity contribution in [2.45, 2.75) is 39.5 Å². The topological polar surface area (TPSA) is 38.3 Å². The molecule has 0 aliphatic carbocycles. The molecular weight excluding hydrogens is 190 g/mol. The van der Waals surface area contributed by atoms with Gasteiger partial charge in [0, 0.05) is 6.42 Å². The third-order valence-electron chi connectivity index (χ3n) is 2.73. The van der Waals surface area contributed by atoms with Crippen LogP contribution in [0.25, 0.3) is 0 Å². The summed E-state index contributed by atoms with van der Waals surface area (Å²) < 4.78 is 5.14. The fraction of sp³-hybridized carbons (Fsp3) is 0.917. The lowest BCUT2D eigenvalue weighted by atomic mass is 9.95. The SMILES string of the molecule is CC(C)COC(=O)CCC1CCCNC1. The molecule has 3 heteroatoms. The van der Waals surface area contributed by atoms with E-state index in [9.17, 15) is 4.79 Å². The predicted octanol–water partition coefficient (Wildman–Crippen LogP) is 1.97. The molecule has 15 heavy (non-hydrogen) atoms. The number of carbonyl (C=O) groups excluding carboxylic acids is 1. The van der Waals surface area contributed by atoms with Gasteiger partial charge in [0.25, 0.3) is 0 Å². The third kappa shape index (κ3) is 5.78. The lowest BCUT2D eigenvalue weighted by Crippen LogP contribution is -2.30. The van der Waals surface area contributed by atoms with Crippen molar-refractivity contribution < 1.29 is 9.53 Å². The standard InChI is InChI=1S/C12H23NO2/c1-10(2)9-15-12(14)6-5-11-4-3-7-13-8-11/h10-11,13H,3-9H2,1-2H3. The van der Waals surface area contributed by atoms with E-state index in [0.717, 1.165) is 19.5 Å². The first-order valence-electron chi connectivity index (χ1n) is 6.05. The highest BCUT2D eigenvalue weighted by Crippen LogP contribution is 2.16. The van der Waals surface area contributed by atoms with Crippen LogP contribution in [0.2, 0.25) is 0 Å². The Balaban J connectivity index is 2.05. The summed E-state index contributed by atoms with van der Waals surface area (Å²) in [7, 11) is 0. The van der Waals surface area contributed by atoms with Crippen molar-refractivity contribution in [1.82, 2.24) is 5.32 Å². The first-order chi connectivity index (χ1) is 7.18. The van der Waals surface area contributed by atoms with Gasteiger partial charge >= 0.3 is 5.97 Å². The molecule has 0 aromatic rings. The van der Waals surface area contributed by atoms with Crippen molar-refractivity contribution in [2.75, 3.05) is 19.7 Å². The maximum atomic E-state index is 11.3. The molecule has 1 aliphatic heterocycles. The summed E-state index contributed by atoms with van der Waals surface area (Å²) in [6.07, 6.45) is 4.05. The number of piperidine rings is 1. The van der Waals surface area contributed by atoms with Gasteiger partial charge in [0.15, 0.2) is 0 Å². The van der Waals surface area contributed by atoms with Crippen LogP contribution in [0.5, 0.6) is 0 Å². The van der Waals surface area contributed by atoms with Crippen LogP contribution in [0.3, 0.4) is 0 Å². The highest BCUT2D eigenvalue weighted by Gasteiger charge is 2.14. The molecule has 1 rings (SSSR count). The molecule has 1 N–H and O–H groups in total. The molecule has 88 valence electrons. The van der Waals surface area contributed by atoms with Crippen LogP contribution in [0.4, 0.5) is 0 Å². The van der Waals surface area contributed by atoms with E-state index in [1.54, 1.807) is 0 Å². The van der Waals surface area contributed by atoms with E-state index >= 15 is 0 Å². The van der Waals surface area contributed by atoms with E-state index in [-0.39, 0.29) is 5.97 Å². The number of ether oxygens (including phenoxy) is 1. The molecule has 0 saturated carbocycles. The quantitative estimate of drug-likeness (QED) is 0.710. The summed E-state index contributed by atoms with van der Waals surface area (Å²) in [4.78, 5) is 11.3. The molecular formula is C12H23NO2. The van der Waals surface area contributed by atoms with Gasteiger partial charge in [0.2, 0.25) is 0 Å². The zero-order chi connectivity index (χ0) is 11.1. The van der Waals surface area contributed by atoms with Gasteiger partial charge in [-0.1, -0.05) is 13.8 Å². The summed E-state index contributed by atoms with van der Waals surface area (Å²) in [5.41, 5.74) is 0. The second kappa shape index (κ2) is 6.83. The van der Waals surface area contributed by atoms with Gasteiger partial charge in [0.1, 0.15) is 0 Å². The van der Waals surface area contributed by atoms with Crippen molar-refractivity contribution in [3.8, 4) is 0 Å². The fourth-order valence-corrected chi connectivity index (χ4v) is 1.82. The summed E-state index contributed by atoms with van der Waals surface area (Å²) in [5.74, 6) is 1.07. The number of carbonyl (C=O) groups is 1. The number of nitrogens with one attached hydrogen (secondary N) is 1. The minimum atomic E-state index is -0.0331. The molecule has 1 heterocycles. The molecule has 1 atom stereocenters. The average molecular weight is 213 g/mol. The van der Waals surface area contributed by atoms with E-state index in [1.165, 1.54) is 12.8 Å². The van der Waals surface area contributed by atoms with Crippen molar-refractivity contribution in [2.24, 2.45) is 11.8 Å². The van der Waals surface area contributed by atoms with Crippen LogP contribution in [-0.4, -0.2) is 25.7 Å². The molecule has 1 saturated heterocycles. The van der Waals surface area contributed by atoms with E-state index in [2.05, 4.69) is 19.2 Å². The highest BCUT2D eigenvalue weighted by atomic mass is 16.5. The van der Waals surface area contributed by atoms with Crippen LogP contribution in [0.1, 0.15) is 39.5 Å². The Morgan fingerprint density at radius 1 is 1.53 bits per heavy atom. The van der Waals surface area contributed by atoms with Gasteiger partial charge in [-0.25, -0.2) is 0 Å². The van der Waals surface area contributed by atoms with Gasteiger partial charge in [0.05, 0.1) is 6.61 Å². The molecule has 0 aromatic carbocycles. The molecule has 0 bridgehead atoms. The zero-order valence-corrected chi connectivity index (χ0v) is 9.92. The molecule has 1 unspecified atom stereocenters. The average Bonchev–Trinajstić information content (AvgIpc) is 2.25. The van der Waals surface area contributed by atoms with Crippen LogP contribution in [0, 0.1) is 11.8 Å². The Labute approximate surface area is 92.6 Å². The van der Waals surface area contributed by atoms with Crippen molar-refractivity contribution in [1.29, 1.82) is 0 Å². The molecule has 0 amide bonds. The molecule has 0 radical (unpaired) electrons. The normalized spacial score (nSPS) is 21.7. The fourth-order valence-electron chi connectivity index (χ4n) is 1.82. The minimum Gasteiger partial charge on any atom is -0.465 e. The summed E-state index contributed by atoms with van der Waals surface area (Å²) >= 11 is 0. The van der Waals surface area contributed by atoms with Gasteiger partial charge in [-0.3, -0.25) is 4.79 Å². The highest BCUT2D eigenvalue weighted by molar-refractivity contribution is 5.69. The van der Waals surface area contributed by atoms with E-state index in [4.69, 9.17) is 4.74 Å². The van der Waals surface area contributed by atoms with Crippen LogP contribution < -0.4 is 5.32 Å². The first kappa shape index (κ1) is 12.5. The Kier molecular flexibility index (Phi) is 5.69. The summed E-state index contributed by atoms with van der Waals surface area (Å²) in [6, 6.07) is 0. The lowest BCUT2D eigenvalue weighted by molar-refractivity contribution is -0.145. The van der Waals surface area contributed by atoms with Gasteiger partial charge in [-0.05, 0) is 44.2 Å². The second-order valence-electron chi connectivity index (χ2n) is 4.83. The lowest BCUT2D eigenvalue weighted by Gasteiger charge is -2.22. The van der Waals surface area contributed by atoms with Crippen molar-refractivity contribution >= 4 is 5.97 Å². The summed E-state index contributed by atoms with van der Waals surface area (Å²) in [5, 5.41) is 3.36. The molecule has 1 fully saturated rings. The predicted molar refractivity (Wildman–Crippen MR) is 60.6 cm³/mol. The number of hydrogen-bond acceptors (Lipinski definition) is 3. The van der Waals surface area contributed by atoms with Gasteiger partial charge in [-0.2, -0.15) is 0 Å². The molecule has 3 nitrogen and oxygen atoms in total. The third-order valence-corrected chi connectivity index (χ3v) is 2.73. The Morgan fingerprint density at radius 3 is 2.93 bits per heavy atom. The maximum absolute atomic E-state index is 11.3. The number of rotatable bonds is 5. The minimum absolute atomic E-state index is 0.0331. The molecule has 0 spiro atoms. The monoisotopic (exact) mass is 213 g/mol. The largest absolute Gasteiger partial charge is 0.465 e. The van der Waals surface area contributed by atoms with E-state index in [0.29, 0.717) is 24.9 Å². The van der Waals surface area contributed by atoms with Crippen molar-refractivity contribution in [3.05, 3.63) is 0 Å². The van der Waals surface area contributed by atoms with E-state index < -0.39 is 0 Å². The van der Waals surface area contributed by atoms with Crippen molar-refractivity contribution in [3.63, 3.8) is 0 Å². The van der Waals surface area contributed by atoms with Crippen LogP contribution >= 0.6 is 0 Å². The molecule has 1 aliphatic rings. The summed E-state index contributed by atoms with van der Waals surface area (Å²) in [6.45, 7) is 6.87. The molecule has 0 aromatic heterocycles. The van der Waals surface area contributed by atoms with Crippen LogP contribution in [-0.2, 0) is 9.53 Å². The first-order valence-corrected chi connectivity index (χ1v) is 6.05. The van der Waals surface area contributed by atoms with Gasteiger partial charge in [-0.15, -0.1) is 0 Å². The zero-order valence-electron chi connectivity index (χ0n) is 9.92. The van der Waals surface area contributed by atoms with Gasteiger partial charge < -0.3 is 10.1 Å². The Bertz CT molecular complexity index is 186.